The summed E-state index contributed by atoms with van der Waals surface area (Å²) in [4.78, 5) is 4.81. The average Bonchev–Trinajstić information content (AvgIpc) is 2.41. The van der Waals surface area contributed by atoms with Gasteiger partial charge in [0.05, 0.1) is 0 Å². The molecule has 1 aromatic carbocycles. The molecule has 0 aliphatic carbocycles. The monoisotopic (exact) mass is 247 g/mol. The Morgan fingerprint density at radius 2 is 2.06 bits per heavy atom. The van der Waals surface area contributed by atoms with Crippen molar-refractivity contribution in [1.82, 2.24) is 4.90 Å². The molecule has 0 atom stereocenters. The molecule has 1 fully saturated rings. The van der Waals surface area contributed by atoms with E-state index >= 15 is 0 Å². The van der Waals surface area contributed by atoms with E-state index < -0.39 is 0 Å². The third-order valence-electron chi connectivity index (χ3n) is 3.95. The van der Waals surface area contributed by atoms with E-state index in [2.05, 4.69) is 53.5 Å². The fraction of sp³-hybridized carbons (Fsp3) is 0.600. The van der Waals surface area contributed by atoms with Crippen LogP contribution in [0.25, 0.3) is 0 Å². The van der Waals surface area contributed by atoms with Gasteiger partial charge in [-0.15, -0.1) is 0 Å². The molecule has 1 aliphatic rings. The van der Waals surface area contributed by atoms with Gasteiger partial charge >= 0.3 is 0 Å². The number of nitrogens with one attached hydrogen (secondary N) is 1. The first-order valence-electron chi connectivity index (χ1n) is 6.86. The maximum Gasteiger partial charge on any atom is 0.0384 e. The van der Waals surface area contributed by atoms with Crippen molar-refractivity contribution in [1.29, 1.82) is 0 Å². The van der Waals surface area contributed by atoms with Gasteiger partial charge < -0.3 is 15.1 Å². The fourth-order valence-corrected chi connectivity index (χ4v) is 2.64. The molecule has 1 saturated heterocycles. The van der Waals surface area contributed by atoms with E-state index in [0.717, 1.165) is 5.92 Å². The topological polar surface area (TPSA) is 18.5 Å². The second-order valence-corrected chi connectivity index (χ2v) is 5.43. The Hall–Kier alpha value is -1.22. The van der Waals surface area contributed by atoms with Gasteiger partial charge in [0, 0.05) is 32.0 Å². The second kappa shape index (κ2) is 6.10. The summed E-state index contributed by atoms with van der Waals surface area (Å²) in [7, 11) is 6.39. The van der Waals surface area contributed by atoms with Crippen LogP contribution >= 0.6 is 0 Å². The van der Waals surface area contributed by atoms with Gasteiger partial charge in [0.25, 0.3) is 0 Å². The van der Waals surface area contributed by atoms with Crippen molar-refractivity contribution in [3.63, 3.8) is 0 Å². The summed E-state index contributed by atoms with van der Waals surface area (Å²) in [5, 5.41) is 3.20. The fourth-order valence-electron chi connectivity index (χ4n) is 2.64. The summed E-state index contributed by atoms with van der Waals surface area (Å²) in [6, 6.07) is 8.63. The molecule has 1 aliphatic heterocycles. The smallest absolute Gasteiger partial charge is 0.0384 e. The number of hydrogen-bond donors (Lipinski definition) is 1. The number of piperidine rings is 1. The molecular formula is C15H25N3. The zero-order valence-corrected chi connectivity index (χ0v) is 11.8. The van der Waals surface area contributed by atoms with E-state index in [4.69, 9.17) is 0 Å². The molecule has 3 nitrogen and oxygen atoms in total. The van der Waals surface area contributed by atoms with Crippen molar-refractivity contribution in [2.75, 3.05) is 51.0 Å². The lowest BCUT2D eigenvalue weighted by Gasteiger charge is -2.32. The van der Waals surface area contributed by atoms with Crippen molar-refractivity contribution in [2.45, 2.75) is 12.8 Å². The van der Waals surface area contributed by atoms with Crippen LogP contribution in [0.2, 0.25) is 0 Å². The van der Waals surface area contributed by atoms with Crippen molar-refractivity contribution >= 4 is 11.4 Å². The average molecular weight is 247 g/mol. The minimum absolute atomic E-state index is 0.837. The van der Waals surface area contributed by atoms with E-state index in [1.165, 1.54) is 43.9 Å². The van der Waals surface area contributed by atoms with E-state index in [1.807, 2.05) is 7.05 Å². The van der Waals surface area contributed by atoms with Crippen LogP contribution in [0.3, 0.4) is 0 Å². The molecule has 0 saturated carbocycles. The Bertz CT molecular complexity index is 370. The van der Waals surface area contributed by atoms with Gasteiger partial charge in [0.2, 0.25) is 0 Å². The zero-order chi connectivity index (χ0) is 13.0. The molecule has 0 spiro atoms. The lowest BCUT2D eigenvalue weighted by Crippen LogP contribution is -2.35. The molecule has 18 heavy (non-hydrogen) atoms. The Kier molecular flexibility index (Phi) is 4.48. The summed E-state index contributed by atoms with van der Waals surface area (Å²) in [5.74, 6) is 0.837. The van der Waals surface area contributed by atoms with Crippen LogP contribution in [0.4, 0.5) is 11.4 Å². The highest BCUT2D eigenvalue weighted by atomic mass is 15.1. The van der Waals surface area contributed by atoms with Crippen LogP contribution in [0, 0.1) is 5.92 Å². The third kappa shape index (κ3) is 3.39. The van der Waals surface area contributed by atoms with Gasteiger partial charge in [-0.3, -0.25) is 0 Å². The van der Waals surface area contributed by atoms with Crippen molar-refractivity contribution in [3.05, 3.63) is 24.3 Å². The van der Waals surface area contributed by atoms with Gasteiger partial charge in [0.1, 0.15) is 0 Å². The number of anilines is 2. The van der Waals surface area contributed by atoms with Gasteiger partial charge in [-0.1, -0.05) is 6.07 Å². The lowest BCUT2D eigenvalue weighted by molar-refractivity contribution is 0.222. The summed E-state index contributed by atoms with van der Waals surface area (Å²) in [5.41, 5.74) is 2.49. The first-order chi connectivity index (χ1) is 8.69. The largest absolute Gasteiger partial charge is 0.388 e. The van der Waals surface area contributed by atoms with E-state index in [1.54, 1.807) is 0 Å². The minimum atomic E-state index is 0.837. The molecule has 2 rings (SSSR count). The van der Waals surface area contributed by atoms with Crippen LogP contribution < -0.4 is 10.2 Å². The highest BCUT2D eigenvalue weighted by Gasteiger charge is 2.18. The van der Waals surface area contributed by atoms with Crippen LogP contribution in [0.1, 0.15) is 12.8 Å². The standard InChI is InChI=1S/C15H25N3/c1-16-14-5-4-6-15(11-14)18(3)12-13-7-9-17(2)10-8-13/h4-6,11,13,16H,7-10,12H2,1-3H3. The second-order valence-electron chi connectivity index (χ2n) is 5.43. The van der Waals surface area contributed by atoms with Crippen molar-refractivity contribution < 1.29 is 0 Å². The maximum atomic E-state index is 3.20. The van der Waals surface area contributed by atoms with E-state index in [9.17, 15) is 0 Å². The Morgan fingerprint density at radius 1 is 1.33 bits per heavy atom. The maximum absolute atomic E-state index is 3.20. The number of nitrogens with zero attached hydrogens (tertiary/aromatic N) is 2. The Morgan fingerprint density at radius 3 is 2.72 bits per heavy atom. The first-order valence-corrected chi connectivity index (χ1v) is 6.86. The summed E-state index contributed by atoms with van der Waals surface area (Å²) in [6.45, 7) is 3.66. The predicted octanol–water partition coefficient (Wildman–Crippen LogP) is 2.51. The lowest BCUT2D eigenvalue weighted by atomic mass is 9.96. The van der Waals surface area contributed by atoms with Crippen LogP contribution in [0.5, 0.6) is 0 Å². The quantitative estimate of drug-likeness (QED) is 0.882. The highest BCUT2D eigenvalue weighted by molar-refractivity contribution is 5.57. The van der Waals surface area contributed by atoms with Crippen molar-refractivity contribution in [3.8, 4) is 0 Å². The SMILES string of the molecule is CNc1cccc(N(C)CC2CCN(C)CC2)c1. The minimum Gasteiger partial charge on any atom is -0.388 e. The molecule has 3 heteroatoms. The Labute approximate surface area is 111 Å². The number of hydrogen-bond acceptors (Lipinski definition) is 3. The Balaban J connectivity index is 1.92. The van der Waals surface area contributed by atoms with Gasteiger partial charge in [-0.25, -0.2) is 0 Å². The zero-order valence-electron chi connectivity index (χ0n) is 11.8. The van der Waals surface area contributed by atoms with Crippen LogP contribution in [-0.2, 0) is 0 Å². The van der Waals surface area contributed by atoms with Crippen LogP contribution in [0.15, 0.2) is 24.3 Å². The van der Waals surface area contributed by atoms with Gasteiger partial charge in [0.15, 0.2) is 0 Å². The molecule has 0 amide bonds. The molecule has 1 aromatic rings. The van der Waals surface area contributed by atoms with Gasteiger partial charge in [-0.05, 0) is 57.1 Å². The molecule has 1 N–H and O–H groups in total. The summed E-state index contributed by atoms with van der Waals surface area (Å²) < 4.78 is 0. The molecule has 0 unspecified atom stereocenters. The highest BCUT2D eigenvalue weighted by Crippen LogP contribution is 2.22. The first kappa shape index (κ1) is 13.2. The summed E-state index contributed by atoms with van der Waals surface area (Å²) in [6.07, 6.45) is 2.65. The number of likely N-dealkylation sites (tertiary alicyclic amines) is 1. The molecule has 0 radical (unpaired) electrons. The molecule has 0 aromatic heterocycles. The van der Waals surface area contributed by atoms with E-state index in [0.29, 0.717) is 0 Å². The number of rotatable bonds is 4. The summed E-state index contributed by atoms with van der Waals surface area (Å²) >= 11 is 0. The molecule has 0 bridgehead atoms. The van der Waals surface area contributed by atoms with Crippen molar-refractivity contribution in [2.24, 2.45) is 5.92 Å². The van der Waals surface area contributed by atoms with Gasteiger partial charge in [-0.2, -0.15) is 0 Å². The normalized spacial score (nSPS) is 17.7. The molecule has 100 valence electrons. The third-order valence-corrected chi connectivity index (χ3v) is 3.95. The predicted molar refractivity (Wildman–Crippen MR) is 79.5 cm³/mol. The number of benzene rings is 1. The molecular weight excluding hydrogens is 222 g/mol. The molecule has 1 heterocycles. The van der Waals surface area contributed by atoms with Crippen LogP contribution in [-0.4, -0.2) is 45.7 Å². The van der Waals surface area contributed by atoms with E-state index in [-0.39, 0.29) is 0 Å².